The Hall–Kier alpha value is -5.17. The summed E-state index contributed by atoms with van der Waals surface area (Å²) in [5.41, 5.74) is 4.06. The van der Waals surface area contributed by atoms with Gasteiger partial charge in [-0.25, -0.2) is 4.79 Å². The Morgan fingerprint density at radius 2 is 1.57 bits per heavy atom. The van der Waals surface area contributed by atoms with Gasteiger partial charge in [0.05, 0.1) is 6.61 Å². The Balaban J connectivity index is 1.35. The highest BCUT2D eigenvalue weighted by Crippen LogP contribution is 2.23. The highest BCUT2D eigenvalue weighted by atomic mass is 16.5. The van der Waals surface area contributed by atoms with Crippen molar-refractivity contribution in [1.82, 2.24) is 0 Å². The number of aryl methyl sites for hydroxylation is 1. The predicted octanol–water partition coefficient (Wildman–Crippen LogP) is 6.32. The Bertz CT molecular complexity index is 1530. The van der Waals surface area contributed by atoms with Crippen LogP contribution < -0.4 is 15.0 Å². The molecule has 0 aliphatic rings. The lowest BCUT2D eigenvalue weighted by atomic mass is 10.00. The molecule has 4 aromatic rings. The molecule has 0 aliphatic heterocycles. The van der Waals surface area contributed by atoms with Crippen LogP contribution in [0.3, 0.4) is 0 Å². The second-order valence-electron chi connectivity index (χ2n) is 9.81. The monoisotopic (exact) mass is 562 g/mol. The summed E-state index contributed by atoms with van der Waals surface area (Å²) in [4.78, 5) is 39.3. The minimum absolute atomic E-state index is 0.165. The maximum absolute atomic E-state index is 13.1. The summed E-state index contributed by atoms with van der Waals surface area (Å²) in [6.45, 7) is 6.46. The molecule has 1 amide bonds. The van der Waals surface area contributed by atoms with E-state index in [0.717, 1.165) is 16.8 Å². The van der Waals surface area contributed by atoms with Crippen LogP contribution in [0.15, 0.2) is 116 Å². The number of aliphatic carboxylic acids is 1. The predicted molar refractivity (Wildman–Crippen MR) is 165 cm³/mol. The quantitative estimate of drug-likeness (QED) is 0.106. The number of carboxylic acid groups (broad SMARTS) is 1. The fraction of sp³-hybridized carbons (Fsp3) is 0.171. The number of nitrogens with one attached hydrogen (secondary N) is 1. The van der Waals surface area contributed by atoms with Gasteiger partial charge in [0.1, 0.15) is 11.8 Å². The Labute approximate surface area is 246 Å². The van der Waals surface area contributed by atoms with Crippen LogP contribution in [-0.4, -0.2) is 42.0 Å². The summed E-state index contributed by atoms with van der Waals surface area (Å²) in [5.74, 6) is -0.720. The molecule has 0 bridgehead atoms. The number of para-hydroxylation sites is 2. The molecule has 0 aromatic heterocycles. The molecule has 4 rings (SSSR count). The lowest BCUT2D eigenvalue weighted by molar-refractivity contribution is -0.137. The normalized spacial score (nSPS) is 11.3. The third-order valence-corrected chi connectivity index (χ3v) is 6.84. The maximum Gasteiger partial charge on any atom is 0.326 e. The molecular formula is C35H34N2O5. The van der Waals surface area contributed by atoms with Gasteiger partial charge < -0.3 is 20.1 Å². The third-order valence-electron chi connectivity index (χ3n) is 6.84. The van der Waals surface area contributed by atoms with Crippen LogP contribution >= 0.6 is 0 Å². The topological polar surface area (TPSA) is 95.9 Å². The van der Waals surface area contributed by atoms with Gasteiger partial charge in [0.25, 0.3) is 0 Å². The summed E-state index contributed by atoms with van der Waals surface area (Å²) < 4.78 is 5.89. The van der Waals surface area contributed by atoms with Crippen LogP contribution in [-0.2, 0) is 16.0 Å². The molecule has 7 heteroatoms. The van der Waals surface area contributed by atoms with E-state index >= 15 is 0 Å². The van der Waals surface area contributed by atoms with Gasteiger partial charge in [0.2, 0.25) is 5.91 Å². The minimum Gasteiger partial charge on any atom is -0.494 e. The Morgan fingerprint density at radius 3 is 2.26 bits per heavy atom. The number of carboxylic acids is 1. The molecule has 2 N–H and O–H groups in total. The average molecular weight is 563 g/mol. The van der Waals surface area contributed by atoms with Gasteiger partial charge in [-0.15, -0.1) is 0 Å². The standard InChI is InChI=1S/C35H34N2O5/c1-3-33(38)37(32-17-10-7-12-25(32)2)22-11-23-42-28-20-18-26(19-21-28)24-31(35(40)41)36-30-16-9-8-15-29(30)34(39)27-13-5-4-6-14-27/h3-10,12-21,31,36H,1,11,22-24H2,2H3,(H,40,41). The molecule has 0 aliphatic carbocycles. The van der Waals surface area contributed by atoms with E-state index in [1.807, 2.05) is 49.4 Å². The fourth-order valence-corrected chi connectivity index (χ4v) is 4.64. The number of rotatable bonds is 14. The first-order chi connectivity index (χ1) is 20.4. The summed E-state index contributed by atoms with van der Waals surface area (Å²) in [6, 6.07) is 29.8. The van der Waals surface area contributed by atoms with Crippen molar-refractivity contribution in [1.29, 1.82) is 0 Å². The van der Waals surface area contributed by atoms with E-state index < -0.39 is 12.0 Å². The largest absolute Gasteiger partial charge is 0.494 e. The van der Waals surface area contributed by atoms with Crippen LogP contribution in [0.25, 0.3) is 0 Å². The molecule has 4 aromatic carbocycles. The van der Waals surface area contributed by atoms with Gasteiger partial charge in [-0.05, 0) is 60.9 Å². The lowest BCUT2D eigenvalue weighted by Crippen LogP contribution is -2.32. The number of benzene rings is 4. The zero-order valence-corrected chi connectivity index (χ0v) is 23.5. The first-order valence-electron chi connectivity index (χ1n) is 13.8. The van der Waals surface area contributed by atoms with E-state index in [4.69, 9.17) is 4.74 Å². The van der Waals surface area contributed by atoms with Crippen LogP contribution in [0.4, 0.5) is 11.4 Å². The fourth-order valence-electron chi connectivity index (χ4n) is 4.64. The van der Waals surface area contributed by atoms with Gasteiger partial charge in [0, 0.05) is 35.5 Å². The number of carbonyl (C=O) groups excluding carboxylic acids is 2. The molecule has 0 fully saturated rings. The van der Waals surface area contributed by atoms with Crippen molar-refractivity contribution < 1.29 is 24.2 Å². The Morgan fingerprint density at radius 1 is 0.905 bits per heavy atom. The van der Waals surface area contributed by atoms with Gasteiger partial charge in [-0.2, -0.15) is 0 Å². The molecule has 0 radical (unpaired) electrons. The van der Waals surface area contributed by atoms with Crippen molar-refractivity contribution in [3.05, 3.63) is 138 Å². The molecule has 0 saturated carbocycles. The molecule has 214 valence electrons. The van der Waals surface area contributed by atoms with Gasteiger partial charge in [0.15, 0.2) is 5.78 Å². The number of nitrogens with zero attached hydrogens (tertiary/aromatic N) is 1. The highest BCUT2D eigenvalue weighted by Gasteiger charge is 2.21. The van der Waals surface area contributed by atoms with Gasteiger partial charge in [-0.3, -0.25) is 9.59 Å². The van der Waals surface area contributed by atoms with Crippen LogP contribution in [0, 0.1) is 6.92 Å². The SMILES string of the molecule is C=CC(=O)N(CCCOc1ccc(CC(Nc2ccccc2C(=O)c2ccccc2)C(=O)O)cc1)c1ccccc1C. The van der Waals surface area contributed by atoms with E-state index in [1.54, 1.807) is 65.6 Å². The van der Waals surface area contributed by atoms with Crippen LogP contribution in [0.1, 0.15) is 33.5 Å². The zero-order valence-electron chi connectivity index (χ0n) is 23.5. The summed E-state index contributed by atoms with van der Waals surface area (Å²) in [6.07, 6.45) is 2.13. The minimum atomic E-state index is -1.02. The molecule has 0 heterocycles. The Kier molecular flexibility index (Phi) is 10.3. The van der Waals surface area contributed by atoms with E-state index in [9.17, 15) is 19.5 Å². The number of hydrogen-bond acceptors (Lipinski definition) is 5. The van der Waals surface area contributed by atoms with Crippen LogP contribution in [0.5, 0.6) is 5.75 Å². The number of amides is 1. The van der Waals surface area contributed by atoms with Crippen molar-refractivity contribution in [2.45, 2.75) is 25.8 Å². The number of ketones is 1. The number of carbonyl (C=O) groups is 3. The molecule has 42 heavy (non-hydrogen) atoms. The molecular weight excluding hydrogens is 528 g/mol. The summed E-state index contributed by atoms with van der Waals surface area (Å²) in [5, 5.41) is 13.0. The summed E-state index contributed by atoms with van der Waals surface area (Å²) >= 11 is 0. The van der Waals surface area contributed by atoms with Crippen molar-refractivity contribution >= 4 is 29.0 Å². The summed E-state index contributed by atoms with van der Waals surface area (Å²) in [7, 11) is 0. The number of anilines is 2. The third kappa shape index (κ3) is 7.73. The van der Waals surface area contributed by atoms with Crippen molar-refractivity contribution in [2.75, 3.05) is 23.4 Å². The van der Waals surface area contributed by atoms with Gasteiger partial charge >= 0.3 is 5.97 Å². The second-order valence-corrected chi connectivity index (χ2v) is 9.81. The van der Waals surface area contributed by atoms with Gasteiger partial charge in [-0.1, -0.05) is 79.4 Å². The van der Waals surface area contributed by atoms with E-state index in [2.05, 4.69) is 11.9 Å². The smallest absolute Gasteiger partial charge is 0.326 e. The maximum atomic E-state index is 13.1. The van der Waals surface area contributed by atoms with Crippen LogP contribution in [0.2, 0.25) is 0 Å². The molecule has 1 unspecified atom stereocenters. The van der Waals surface area contributed by atoms with E-state index in [1.165, 1.54) is 6.08 Å². The highest BCUT2D eigenvalue weighted by molar-refractivity contribution is 6.12. The second kappa shape index (κ2) is 14.5. The van der Waals surface area contributed by atoms with E-state index in [-0.39, 0.29) is 18.1 Å². The van der Waals surface area contributed by atoms with Crippen molar-refractivity contribution in [2.24, 2.45) is 0 Å². The zero-order chi connectivity index (χ0) is 29.9. The first-order valence-corrected chi connectivity index (χ1v) is 13.8. The molecule has 7 nitrogen and oxygen atoms in total. The van der Waals surface area contributed by atoms with Crippen molar-refractivity contribution in [3.8, 4) is 5.75 Å². The average Bonchev–Trinajstić information content (AvgIpc) is 3.02. The number of ether oxygens (including phenoxy) is 1. The molecule has 1 atom stereocenters. The molecule has 0 spiro atoms. The first kappa shape index (κ1) is 29.8. The lowest BCUT2D eigenvalue weighted by Gasteiger charge is -2.23. The molecule has 0 saturated heterocycles. The number of hydrogen-bond donors (Lipinski definition) is 2. The van der Waals surface area contributed by atoms with Crippen molar-refractivity contribution in [3.63, 3.8) is 0 Å². The van der Waals surface area contributed by atoms with E-state index in [0.29, 0.717) is 42.1 Å².